The number of aryl methyl sites for hydroxylation is 1. The Hall–Kier alpha value is -4.11. The Balaban J connectivity index is 1.58. The second-order valence-electron chi connectivity index (χ2n) is 7.89. The van der Waals surface area contributed by atoms with Crippen molar-refractivity contribution in [2.45, 2.75) is 13.1 Å². The SMILES string of the molecule is C=C/N=C1/C=NC(N2CCNCC2)=N/C1=C(/N)Nc1cc(C(=O)Nc2nnc(C(F)(F)F)s2)ccc1C. The second-order valence-corrected chi connectivity index (χ2v) is 8.86. The minimum absolute atomic E-state index is 0.166. The number of hydrogen-bond acceptors (Lipinski definition) is 11. The largest absolute Gasteiger partial charge is 0.445 e. The smallest absolute Gasteiger partial charge is 0.383 e. The lowest BCUT2D eigenvalue weighted by molar-refractivity contribution is -0.138. The van der Waals surface area contributed by atoms with E-state index in [1.807, 2.05) is 4.90 Å². The van der Waals surface area contributed by atoms with E-state index in [9.17, 15) is 18.0 Å². The lowest BCUT2D eigenvalue weighted by Crippen LogP contribution is -2.46. The molecule has 0 aliphatic carbocycles. The van der Waals surface area contributed by atoms with Gasteiger partial charge in [-0.3, -0.25) is 15.1 Å². The maximum atomic E-state index is 12.8. The first-order valence-electron chi connectivity index (χ1n) is 11.0. The Kier molecular flexibility index (Phi) is 7.63. The fraction of sp³-hybridized carbons (Fsp3) is 0.273. The molecule has 1 aromatic carbocycles. The number of aliphatic imine (C=N–C) groups is 3. The first-order valence-corrected chi connectivity index (χ1v) is 11.8. The Morgan fingerprint density at radius 1 is 1.27 bits per heavy atom. The number of alkyl halides is 3. The van der Waals surface area contributed by atoms with Gasteiger partial charge in [-0.2, -0.15) is 13.2 Å². The number of amides is 1. The molecule has 1 amide bonds. The molecule has 2 aromatic rings. The van der Waals surface area contributed by atoms with Crippen LogP contribution in [0.15, 0.2) is 57.5 Å². The van der Waals surface area contributed by atoms with Crippen LogP contribution < -0.4 is 21.7 Å². The second kappa shape index (κ2) is 10.9. The molecular weight excluding hydrogens is 509 g/mol. The molecule has 2 aliphatic heterocycles. The van der Waals surface area contributed by atoms with Crippen molar-refractivity contribution in [3.8, 4) is 0 Å². The van der Waals surface area contributed by atoms with Gasteiger partial charge in [0.25, 0.3) is 5.91 Å². The standard InChI is InChI=1S/C22H23F3N10OS/c1-3-28-15-11-29-20(35-8-6-27-7-9-35)31-16(15)17(26)30-14-10-13(5-4-12(14)2)18(36)32-21-34-33-19(37-21)22(23,24)25/h3-5,10-11,27,30H,1,6-9,26H2,2H3,(H,32,34,36)/b17-16-,28-15-. The summed E-state index contributed by atoms with van der Waals surface area (Å²) >= 11 is 0.238. The number of anilines is 2. The normalized spacial score (nSPS) is 18.4. The molecule has 0 atom stereocenters. The van der Waals surface area contributed by atoms with E-state index in [-0.39, 0.29) is 27.9 Å². The summed E-state index contributed by atoms with van der Waals surface area (Å²) in [5, 5.41) is 13.7. The molecule has 194 valence electrons. The van der Waals surface area contributed by atoms with Crippen LogP contribution in [0.1, 0.15) is 20.9 Å². The van der Waals surface area contributed by atoms with Crippen molar-refractivity contribution in [3.05, 3.63) is 58.6 Å². The Bertz CT molecular complexity index is 1320. The van der Waals surface area contributed by atoms with Crippen LogP contribution in [0, 0.1) is 6.92 Å². The highest BCUT2D eigenvalue weighted by molar-refractivity contribution is 7.15. The number of hydrogen-bond donors (Lipinski definition) is 4. The number of benzene rings is 1. The monoisotopic (exact) mass is 532 g/mol. The van der Waals surface area contributed by atoms with Crippen molar-refractivity contribution in [2.24, 2.45) is 20.7 Å². The van der Waals surface area contributed by atoms with Crippen LogP contribution >= 0.6 is 11.3 Å². The molecule has 15 heteroatoms. The predicted molar refractivity (Wildman–Crippen MR) is 137 cm³/mol. The van der Waals surface area contributed by atoms with Crippen LogP contribution in [-0.4, -0.2) is 65.1 Å². The first kappa shape index (κ1) is 26.0. The van der Waals surface area contributed by atoms with Crippen molar-refractivity contribution in [1.82, 2.24) is 20.4 Å². The van der Waals surface area contributed by atoms with E-state index < -0.39 is 17.1 Å². The molecule has 37 heavy (non-hydrogen) atoms. The molecule has 0 bridgehead atoms. The van der Waals surface area contributed by atoms with Crippen LogP contribution in [0.2, 0.25) is 0 Å². The van der Waals surface area contributed by atoms with Crippen LogP contribution in [0.5, 0.6) is 0 Å². The number of nitrogens with one attached hydrogen (secondary N) is 3. The van der Waals surface area contributed by atoms with Gasteiger partial charge in [0.15, 0.2) is 0 Å². The third kappa shape index (κ3) is 6.18. The predicted octanol–water partition coefficient (Wildman–Crippen LogP) is 2.59. The Labute approximate surface area is 213 Å². The average Bonchev–Trinajstić information content (AvgIpc) is 3.35. The molecule has 0 spiro atoms. The summed E-state index contributed by atoms with van der Waals surface area (Å²) in [5.74, 6) is 0.0141. The van der Waals surface area contributed by atoms with E-state index in [1.54, 1.807) is 19.2 Å². The van der Waals surface area contributed by atoms with E-state index in [0.717, 1.165) is 31.7 Å². The molecule has 1 saturated heterocycles. The van der Waals surface area contributed by atoms with Gasteiger partial charge in [-0.25, -0.2) is 9.98 Å². The van der Waals surface area contributed by atoms with E-state index >= 15 is 0 Å². The zero-order valence-corrected chi connectivity index (χ0v) is 20.4. The zero-order chi connectivity index (χ0) is 26.6. The summed E-state index contributed by atoms with van der Waals surface area (Å²) in [7, 11) is 0. The molecule has 3 heterocycles. The van der Waals surface area contributed by atoms with Gasteiger partial charge >= 0.3 is 6.18 Å². The number of nitrogens with zero attached hydrogens (tertiary/aromatic N) is 6. The van der Waals surface area contributed by atoms with Crippen molar-refractivity contribution in [2.75, 3.05) is 36.8 Å². The number of guanidine groups is 1. The fourth-order valence-electron chi connectivity index (χ4n) is 3.43. The van der Waals surface area contributed by atoms with Crippen molar-refractivity contribution in [1.29, 1.82) is 0 Å². The van der Waals surface area contributed by atoms with Crippen LogP contribution in [0.3, 0.4) is 0 Å². The number of rotatable bonds is 5. The molecule has 1 aromatic heterocycles. The lowest BCUT2D eigenvalue weighted by atomic mass is 10.1. The highest BCUT2D eigenvalue weighted by Crippen LogP contribution is 2.33. The van der Waals surface area contributed by atoms with E-state index in [2.05, 4.69) is 47.7 Å². The Morgan fingerprint density at radius 2 is 2.03 bits per heavy atom. The molecule has 4 rings (SSSR count). The minimum Gasteiger partial charge on any atom is -0.383 e. The molecule has 0 saturated carbocycles. The quantitative estimate of drug-likeness (QED) is 0.463. The summed E-state index contributed by atoms with van der Waals surface area (Å²) in [6.45, 7) is 8.50. The minimum atomic E-state index is -4.64. The molecule has 1 fully saturated rings. The number of nitrogens with two attached hydrogens (primary N) is 1. The van der Waals surface area contributed by atoms with Gasteiger partial charge in [-0.05, 0) is 24.6 Å². The lowest BCUT2D eigenvalue weighted by Gasteiger charge is -2.29. The average molecular weight is 533 g/mol. The van der Waals surface area contributed by atoms with Gasteiger partial charge in [-0.1, -0.05) is 24.0 Å². The highest BCUT2D eigenvalue weighted by atomic mass is 32.1. The van der Waals surface area contributed by atoms with Crippen LogP contribution in [0.25, 0.3) is 0 Å². The van der Waals surface area contributed by atoms with Gasteiger partial charge in [0, 0.05) is 43.6 Å². The maximum absolute atomic E-state index is 12.8. The van der Waals surface area contributed by atoms with E-state index in [4.69, 9.17) is 5.73 Å². The molecule has 0 radical (unpaired) electrons. The van der Waals surface area contributed by atoms with Gasteiger partial charge in [-0.15, -0.1) is 10.2 Å². The zero-order valence-electron chi connectivity index (χ0n) is 19.6. The van der Waals surface area contributed by atoms with E-state index in [0.29, 0.717) is 23.1 Å². The van der Waals surface area contributed by atoms with Crippen molar-refractivity contribution in [3.63, 3.8) is 0 Å². The van der Waals surface area contributed by atoms with Crippen LogP contribution in [-0.2, 0) is 6.18 Å². The summed E-state index contributed by atoms with van der Waals surface area (Å²) in [5.41, 5.74) is 8.56. The molecule has 11 nitrogen and oxygen atoms in total. The van der Waals surface area contributed by atoms with Gasteiger partial charge in [0.1, 0.15) is 17.2 Å². The molecular formula is C22H23F3N10OS. The topological polar surface area (TPSA) is 145 Å². The summed E-state index contributed by atoms with van der Waals surface area (Å²) in [6.07, 6.45) is -1.73. The van der Waals surface area contributed by atoms with Crippen LogP contribution in [0.4, 0.5) is 24.0 Å². The van der Waals surface area contributed by atoms with E-state index in [1.165, 1.54) is 18.3 Å². The fourth-order valence-corrected chi connectivity index (χ4v) is 4.04. The number of carbonyl (C=O) groups excluding carboxylic acids is 1. The summed E-state index contributed by atoms with van der Waals surface area (Å²) in [4.78, 5) is 27.9. The first-order chi connectivity index (χ1) is 17.7. The number of halogens is 3. The van der Waals surface area contributed by atoms with Gasteiger partial charge < -0.3 is 21.3 Å². The van der Waals surface area contributed by atoms with Gasteiger partial charge in [0.2, 0.25) is 16.1 Å². The molecule has 0 unspecified atom stereocenters. The Morgan fingerprint density at radius 3 is 2.70 bits per heavy atom. The number of allylic oxidation sites excluding steroid dienone is 1. The maximum Gasteiger partial charge on any atom is 0.445 e. The summed E-state index contributed by atoms with van der Waals surface area (Å²) < 4.78 is 38.3. The summed E-state index contributed by atoms with van der Waals surface area (Å²) in [6, 6.07) is 4.72. The third-order valence-electron chi connectivity index (χ3n) is 5.30. The number of aromatic nitrogens is 2. The number of carbonyl (C=O) groups is 1. The van der Waals surface area contributed by atoms with Crippen molar-refractivity contribution < 1.29 is 18.0 Å². The highest BCUT2D eigenvalue weighted by Gasteiger charge is 2.35. The van der Waals surface area contributed by atoms with Gasteiger partial charge in [0.05, 0.1) is 6.21 Å². The van der Waals surface area contributed by atoms with Crippen molar-refractivity contribution >= 4 is 45.9 Å². The molecule has 5 N–H and O–H groups in total. The molecule has 2 aliphatic rings. The third-order valence-corrected chi connectivity index (χ3v) is 6.18. The number of piperazine rings is 1.